The fourth-order valence-electron chi connectivity index (χ4n) is 2.58. The predicted octanol–water partition coefficient (Wildman–Crippen LogP) is 4.05. The highest BCUT2D eigenvalue weighted by molar-refractivity contribution is 7.12. The van der Waals surface area contributed by atoms with E-state index in [0.29, 0.717) is 21.8 Å². The van der Waals surface area contributed by atoms with Gasteiger partial charge in [-0.3, -0.25) is 9.59 Å². The van der Waals surface area contributed by atoms with Crippen LogP contribution in [0.4, 0.5) is 16.2 Å². The van der Waals surface area contributed by atoms with Gasteiger partial charge in [-0.2, -0.15) is 0 Å². The number of carbonyl (C=O) groups is 3. The molecule has 0 spiro atoms. The van der Waals surface area contributed by atoms with Gasteiger partial charge in [0.1, 0.15) is 0 Å². The maximum Gasteiger partial charge on any atom is 0.319 e. The number of nitrogens with one attached hydrogen (secondary N) is 3. The highest BCUT2D eigenvalue weighted by Gasteiger charge is 2.16. The average molecular weight is 393 g/mol. The van der Waals surface area contributed by atoms with Crippen molar-refractivity contribution in [1.82, 2.24) is 5.32 Å². The van der Waals surface area contributed by atoms with Crippen LogP contribution in [0.1, 0.15) is 20.8 Å². The van der Waals surface area contributed by atoms with Gasteiger partial charge in [0.15, 0.2) is 0 Å². The number of thiophene rings is 1. The molecule has 1 aromatic heterocycles. The van der Waals surface area contributed by atoms with Gasteiger partial charge < -0.3 is 16.0 Å². The summed E-state index contributed by atoms with van der Waals surface area (Å²) in [5, 5.41) is 9.68. The smallest absolute Gasteiger partial charge is 0.319 e. The standard InChI is InChI=1S/C21H19N3O3S/c1-14-6-4-7-15(12-14)23-21(27)22-13-19(25)24-17-9-3-2-8-16(17)20(26)18-10-5-11-28-18/h2-12H,13H2,1H3,(H,24,25)(H2,22,23,27). The number of para-hydroxylation sites is 1. The minimum Gasteiger partial charge on any atom is -0.329 e. The van der Waals surface area contributed by atoms with Crippen molar-refractivity contribution in [1.29, 1.82) is 0 Å². The third kappa shape index (κ3) is 5.05. The molecule has 0 saturated carbocycles. The molecule has 3 rings (SSSR count). The van der Waals surface area contributed by atoms with Gasteiger partial charge in [0.2, 0.25) is 11.7 Å². The largest absolute Gasteiger partial charge is 0.329 e. The van der Waals surface area contributed by atoms with Gasteiger partial charge in [-0.05, 0) is 48.2 Å². The monoisotopic (exact) mass is 393 g/mol. The number of rotatable bonds is 6. The summed E-state index contributed by atoms with van der Waals surface area (Å²) >= 11 is 1.34. The van der Waals surface area contributed by atoms with Gasteiger partial charge >= 0.3 is 6.03 Å². The van der Waals surface area contributed by atoms with Crippen LogP contribution in [0.15, 0.2) is 66.0 Å². The van der Waals surface area contributed by atoms with E-state index in [1.54, 1.807) is 42.5 Å². The first-order valence-corrected chi connectivity index (χ1v) is 9.49. The summed E-state index contributed by atoms with van der Waals surface area (Å²) in [6, 6.07) is 17.2. The Hall–Kier alpha value is -3.45. The van der Waals surface area contributed by atoms with Crippen molar-refractivity contribution >= 4 is 40.4 Å². The molecule has 1 heterocycles. The van der Waals surface area contributed by atoms with Crippen LogP contribution in [0.25, 0.3) is 0 Å². The number of aryl methyl sites for hydroxylation is 1. The molecule has 6 nitrogen and oxygen atoms in total. The number of ketones is 1. The molecule has 0 unspecified atom stereocenters. The Balaban J connectivity index is 1.58. The van der Waals surface area contributed by atoms with Crippen LogP contribution < -0.4 is 16.0 Å². The van der Waals surface area contributed by atoms with E-state index in [1.165, 1.54) is 11.3 Å². The topological polar surface area (TPSA) is 87.3 Å². The molecule has 0 atom stereocenters. The number of carbonyl (C=O) groups excluding carboxylic acids is 3. The number of amides is 3. The van der Waals surface area contributed by atoms with Crippen molar-refractivity contribution in [2.45, 2.75) is 6.92 Å². The molecule has 28 heavy (non-hydrogen) atoms. The molecule has 2 aromatic carbocycles. The van der Waals surface area contributed by atoms with E-state index in [9.17, 15) is 14.4 Å². The zero-order chi connectivity index (χ0) is 19.9. The molecule has 0 radical (unpaired) electrons. The Morgan fingerprint density at radius 2 is 1.75 bits per heavy atom. The molecule has 0 fully saturated rings. The predicted molar refractivity (Wildman–Crippen MR) is 111 cm³/mol. The molecule has 3 aromatic rings. The molecule has 3 N–H and O–H groups in total. The van der Waals surface area contributed by atoms with Crippen molar-refractivity contribution in [3.05, 3.63) is 82.0 Å². The van der Waals surface area contributed by atoms with Crippen LogP contribution in [0.3, 0.4) is 0 Å². The second-order valence-corrected chi connectivity index (χ2v) is 7.03. The van der Waals surface area contributed by atoms with Crippen molar-refractivity contribution in [3.63, 3.8) is 0 Å². The summed E-state index contributed by atoms with van der Waals surface area (Å²) in [5.41, 5.74) is 2.47. The Bertz CT molecular complexity index is 1000. The third-order valence-electron chi connectivity index (χ3n) is 3.88. The SMILES string of the molecule is Cc1cccc(NC(=O)NCC(=O)Nc2ccccc2C(=O)c2cccs2)c1. The lowest BCUT2D eigenvalue weighted by Gasteiger charge is -2.11. The normalized spacial score (nSPS) is 10.2. The maximum atomic E-state index is 12.6. The van der Waals surface area contributed by atoms with Crippen LogP contribution in [-0.2, 0) is 4.79 Å². The van der Waals surface area contributed by atoms with Gasteiger partial charge in [-0.1, -0.05) is 30.3 Å². The summed E-state index contributed by atoms with van der Waals surface area (Å²) in [5.74, 6) is -0.582. The third-order valence-corrected chi connectivity index (χ3v) is 4.74. The molecule has 0 aliphatic rings. The molecule has 142 valence electrons. The summed E-state index contributed by atoms with van der Waals surface area (Å²) in [7, 11) is 0. The van der Waals surface area contributed by atoms with Crippen molar-refractivity contribution in [2.24, 2.45) is 0 Å². The molecule has 0 bridgehead atoms. The average Bonchev–Trinajstić information content (AvgIpc) is 3.21. The summed E-state index contributed by atoms with van der Waals surface area (Å²) in [4.78, 5) is 37.4. The van der Waals surface area contributed by atoms with Gasteiger partial charge in [0.25, 0.3) is 0 Å². The van der Waals surface area contributed by atoms with E-state index in [1.807, 2.05) is 30.5 Å². The summed E-state index contributed by atoms with van der Waals surface area (Å²) < 4.78 is 0. The Kier molecular flexibility index (Phi) is 6.18. The molecule has 0 aliphatic carbocycles. The fourth-order valence-corrected chi connectivity index (χ4v) is 3.26. The number of anilines is 2. The lowest BCUT2D eigenvalue weighted by atomic mass is 10.1. The molecule has 7 heteroatoms. The van der Waals surface area contributed by atoms with Crippen molar-refractivity contribution < 1.29 is 14.4 Å². The van der Waals surface area contributed by atoms with E-state index in [-0.39, 0.29) is 12.3 Å². The Morgan fingerprint density at radius 3 is 2.50 bits per heavy atom. The zero-order valence-electron chi connectivity index (χ0n) is 15.2. The van der Waals surface area contributed by atoms with Gasteiger partial charge in [-0.25, -0.2) is 4.79 Å². The highest BCUT2D eigenvalue weighted by atomic mass is 32.1. The first-order chi connectivity index (χ1) is 13.5. The number of hydrogen-bond donors (Lipinski definition) is 3. The number of benzene rings is 2. The zero-order valence-corrected chi connectivity index (χ0v) is 16.0. The van der Waals surface area contributed by atoms with E-state index in [2.05, 4.69) is 16.0 Å². The van der Waals surface area contributed by atoms with E-state index in [0.717, 1.165) is 5.56 Å². The second-order valence-electron chi connectivity index (χ2n) is 6.08. The first kappa shape index (κ1) is 19.3. The van der Waals surface area contributed by atoms with E-state index >= 15 is 0 Å². The van der Waals surface area contributed by atoms with Crippen LogP contribution in [0, 0.1) is 6.92 Å². The van der Waals surface area contributed by atoms with Crippen LogP contribution >= 0.6 is 11.3 Å². The van der Waals surface area contributed by atoms with Gasteiger partial charge in [-0.15, -0.1) is 11.3 Å². The minimum atomic E-state index is -0.483. The fraction of sp³-hybridized carbons (Fsp3) is 0.0952. The van der Waals surface area contributed by atoms with Crippen LogP contribution in [0.2, 0.25) is 0 Å². The summed E-state index contributed by atoms with van der Waals surface area (Å²) in [6.07, 6.45) is 0. The molecular weight excluding hydrogens is 374 g/mol. The molecule has 3 amide bonds. The molecule has 0 saturated heterocycles. The molecule has 0 aliphatic heterocycles. The van der Waals surface area contributed by atoms with Gasteiger partial charge in [0.05, 0.1) is 17.1 Å². The van der Waals surface area contributed by atoms with Crippen LogP contribution in [0.5, 0.6) is 0 Å². The lowest BCUT2D eigenvalue weighted by Crippen LogP contribution is -2.36. The Labute approximate surface area is 166 Å². The van der Waals surface area contributed by atoms with Crippen molar-refractivity contribution in [3.8, 4) is 0 Å². The Morgan fingerprint density at radius 1 is 0.929 bits per heavy atom. The molecular formula is C21H19N3O3S. The number of hydrogen-bond acceptors (Lipinski definition) is 4. The quantitative estimate of drug-likeness (QED) is 0.552. The van der Waals surface area contributed by atoms with Gasteiger partial charge in [0, 0.05) is 11.3 Å². The van der Waals surface area contributed by atoms with Crippen molar-refractivity contribution in [2.75, 3.05) is 17.2 Å². The van der Waals surface area contributed by atoms with E-state index in [4.69, 9.17) is 0 Å². The summed E-state index contributed by atoms with van der Waals surface area (Å²) in [6.45, 7) is 1.70. The number of urea groups is 1. The minimum absolute atomic E-state index is 0.156. The van der Waals surface area contributed by atoms with Crippen LogP contribution in [-0.4, -0.2) is 24.3 Å². The second kappa shape index (κ2) is 8.96. The van der Waals surface area contributed by atoms with E-state index < -0.39 is 11.9 Å². The first-order valence-electron chi connectivity index (χ1n) is 8.61. The lowest BCUT2D eigenvalue weighted by molar-refractivity contribution is -0.115. The maximum absolute atomic E-state index is 12.6. The highest BCUT2D eigenvalue weighted by Crippen LogP contribution is 2.21.